The van der Waals surface area contributed by atoms with Crippen molar-refractivity contribution in [3.05, 3.63) is 46.6 Å². The lowest BCUT2D eigenvalue weighted by molar-refractivity contribution is -0.118. The van der Waals surface area contributed by atoms with E-state index in [-0.39, 0.29) is 29.0 Å². The van der Waals surface area contributed by atoms with E-state index >= 15 is 0 Å². The molecule has 1 aromatic carbocycles. The molecule has 2 aromatic rings. The number of carbonyl (C=O) groups is 2. The molecule has 2 amide bonds. The van der Waals surface area contributed by atoms with Crippen LogP contribution in [0.4, 0.5) is 5.82 Å². The van der Waals surface area contributed by atoms with E-state index in [0.29, 0.717) is 53.8 Å². The van der Waals surface area contributed by atoms with E-state index in [1.165, 1.54) is 17.3 Å². The van der Waals surface area contributed by atoms with Gasteiger partial charge < -0.3 is 15.1 Å². The molecule has 1 atom stereocenters. The summed E-state index contributed by atoms with van der Waals surface area (Å²) >= 11 is 7.56. The molecule has 196 valence electrons. The summed E-state index contributed by atoms with van der Waals surface area (Å²) in [5.74, 6) is 1.50. The first kappa shape index (κ1) is 28.3. The summed E-state index contributed by atoms with van der Waals surface area (Å²) in [6.45, 7) is 15.3. The number of nitrogens with zero attached hydrogens (tertiary/aromatic N) is 4. The third-order valence-electron chi connectivity index (χ3n) is 6.25. The minimum Gasteiger partial charge on any atom is -0.355 e. The lowest BCUT2D eigenvalue weighted by atomic mass is 9.86. The van der Waals surface area contributed by atoms with Crippen LogP contribution in [0.15, 0.2) is 35.5 Å². The second-order valence-electron chi connectivity index (χ2n) is 10.8. The van der Waals surface area contributed by atoms with Crippen LogP contribution in [0.2, 0.25) is 5.15 Å². The van der Waals surface area contributed by atoms with Crippen LogP contribution in [0.1, 0.15) is 63.9 Å². The highest BCUT2D eigenvalue weighted by atomic mass is 35.5. The van der Waals surface area contributed by atoms with Crippen molar-refractivity contribution in [2.45, 2.75) is 64.6 Å². The van der Waals surface area contributed by atoms with E-state index in [0.717, 1.165) is 6.42 Å². The van der Waals surface area contributed by atoms with Gasteiger partial charge in [-0.2, -0.15) is 0 Å². The van der Waals surface area contributed by atoms with E-state index in [2.05, 4.69) is 54.8 Å². The van der Waals surface area contributed by atoms with Crippen LogP contribution in [0.25, 0.3) is 0 Å². The number of rotatable bonds is 8. The molecule has 1 aliphatic rings. The second-order valence-corrected chi connectivity index (χ2v) is 12.1. The van der Waals surface area contributed by atoms with Crippen LogP contribution in [-0.4, -0.2) is 64.7 Å². The number of amides is 2. The van der Waals surface area contributed by atoms with Gasteiger partial charge >= 0.3 is 0 Å². The molecule has 1 saturated heterocycles. The highest BCUT2D eigenvalue weighted by molar-refractivity contribution is 7.99. The molecule has 7 nitrogen and oxygen atoms in total. The molecule has 0 aliphatic carbocycles. The summed E-state index contributed by atoms with van der Waals surface area (Å²) in [5, 5.41) is 3.74. The Hall–Kier alpha value is -2.32. The molecule has 1 unspecified atom stereocenters. The van der Waals surface area contributed by atoms with Crippen molar-refractivity contribution in [3.8, 4) is 0 Å². The Morgan fingerprint density at radius 1 is 1.17 bits per heavy atom. The fourth-order valence-corrected chi connectivity index (χ4v) is 4.95. The van der Waals surface area contributed by atoms with E-state index < -0.39 is 0 Å². The van der Waals surface area contributed by atoms with Crippen LogP contribution in [-0.2, 0) is 10.2 Å². The van der Waals surface area contributed by atoms with Crippen LogP contribution >= 0.6 is 23.4 Å². The standard InChI is InChI=1S/C27H38ClN5O2S/c1-18(2)11-12-29-24(34)17-36-26-30-22(28)15-23(31-26)32-13-14-33(19(3)16-32)25(35)20-7-9-21(10-8-20)27(4,5)6/h7-10,15,18-19H,11-14,16-17H2,1-6H3,(H,29,34). The molecule has 1 aliphatic heterocycles. The van der Waals surface area contributed by atoms with Gasteiger partial charge in [0.2, 0.25) is 5.91 Å². The summed E-state index contributed by atoms with van der Waals surface area (Å²) in [7, 11) is 0. The fourth-order valence-electron chi connectivity index (χ4n) is 4.04. The average Bonchev–Trinajstić information content (AvgIpc) is 2.81. The molecule has 0 saturated carbocycles. The highest BCUT2D eigenvalue weighted by Crippen LogP contribution is 2.26. The number of halogens is 1. The Kier molecular flexibility index (Phi) is 9.64. The number of hydrogen-bond acceptors (Lipinski definition) is 6. The second kappa shape index (κ2) is 12.3. The Balaban J connectivity index is 1.60. The third kappa shape index (κ3) is 7.84. The molecule has 1 fully saturated rings. The molecule has 9 heteroatoms. The molecule has 2 heterocycles. The molecule has 36 heavy (non-hydrogen) atoms. The van der Waals surface area contributed by atoms with Gasteiger partial charge in [-0.3, -0.25) is 9.59 Å². The first-order valence-electron chi connectivity index (χ1n) is 12.5. The van der Waals surface area contributed by atoms with Gasteiger partial charge in [0.15, 0.2) is 5.16 Å². The Bertz CT molecular complexity index is 1060. The first-order chi connectivity index (χ1) is 16.9. The summed E-state index contributed by atoms with van der Waals surface area (Å²) in [5.41, 5.74) is 1.96. The average molecular weight is 532 g/mol. The van der Waals surface area contributed by atoms with Crippen LogP contribution < -0.4 is 10.2 Å². The Morgan fingerprint density at radius 2 is 1.86 bits per heavy atom. The molecule has 1 N–H and O–H groups in total. The first-order valence-corrected chi connectivity index (χ1v) is 13.9. The van der Waals surface area contributed by atoms with Gasteiger partial charge in [-0.1, -0.05) is 70.1 Å². The maximum absolute atomic E-state index is 13.2. The quantitative estimate of drug-likeness (QED) is 0.292. The number of hydrogen-bond donors (Lipinski definition) is 1. The number of carbonyl (C=O) groups excluding carboxylic acids is 2. The summed E-state index contributed by atoms with van der Waals surface area (Å²) < 4.78 is 0. The van der Waals surface area contributed by atoms with E-state index in [4.69, 9.17) is 11.6 Å². The molecule has 0 bridgehead atoms. The number of nitrogens with one attached hydrogen (secondary N) is 1. The Morgan fingerprint density at radius 3 is 2.47 bits per heavy atom. The van der Waals surface area contributed by atoms with Crippen LogP contribution in [0.3, 0.4) is 0 Å². The molecule has 3 rings (SSSR count). The molecular formula is C27H38ClN5O2S. The van der Waals surface area contributed by atoms with E-state index in [9.17, 15) is 9.59 Å². The largest absolute Gasteiger partial charge is 0.355 e. The zero-order chi connectivity index (χ0) is 26.5. The maximum atomic E-state index is 13.2. The minimum absolute atomic E-state index is 0.00474. The number of benzene rings is 1. The van der Waals surface area contributed by atoms with E-state index in [1.54, 1.807) is 6.07 Å². The summed E-state index contributed by atoms with van der Waals surface area (Å²) in [6, 6.07) is 9.68. The van der Waals surface area contributed by atoms with Gasteiger partial charge in [0.05, 0.1) is 5.75 Å². The van der Waals surface area contributed by atoms with Crippen molar-refractivity contribution >= 4 is 41.0 Å². The van der Waals surface area contributed by atoms with Crippen LogP contribution in [0.5, 0.6) is 0 Å². The number of thioether (sulfide) groups is 1. The number of piperazine rings is 1. The van der Waals surface area contributed by atoms with Crippen LogP contribution in [0, 0.1) is 5.92 Å². The minimum atomic E-state index is -0.0398. The van der Waals surface area contributed by atoms with Gasteiger partial charge in [-0.05, 0) is 42.4 Å². The van der Waals surface area contributed by atoms with Crippen molar-refractivity contribution < 1.29 is 9.59 Å². The van der Waals surface area contributed by atoms with Crippen molar-refractivity contribution in [3.63, 3.8) is 0 Å². The zero-order valence-corrected chi connectivity index (χ0v) is 23.7. The van der Waals surface area contributed by atoms with Crippen molar-refractivity contribution in [2.24, 2.45) is 5.92 Å². The summed E-state index contributed by atoms with van der Waals surface area (Å²) in [6.07, 6.45) is 0.948. The van der Waals surface area contributed by atoms with Gasteiger partial charge in [0.1, 0.15) is 11.0 Å². The predicted octanol–water partition coefficient (Wildman–Crippen LogP) is 5.03. The fraction of sp³-hybridized carbons (Fsp3) is 0.556. The molecular weight excluding hydrogens is 494 g/mol. The monoisotopic (exact) mass is 531 g/mol. The topological polar surface area (TPSA) is 78.4 Å². The van der Waals surface area contributed by atoms with Gasteiger partial charge in [0.25, 0.3) is 5.91 Å². The normalized spacial score (nSPS) is 16.4. The third-order valence-corrected chi connectivity index (χ3v) is 7.29. The lowest BCUT2D eigenvalue weighted by Gasteiger charge is -2.40. The smallest absolute Gasteiger partial charge is 0.254 e. The maximum Gasteiger partial charge on any atom is 0.254 e. The van der Waals surface area contributed by atoms with Gasteiger partial charge in [-0.25, -0.2) is 9.97 Å². The lowest BCUT2D eigenvalue weighted by Crippen LogP contribution is -2.54. The van der Waals surface area contributed by atoms with Gasteiger partial charge in [0, 0.05) is 43.9 Å². The Labute approximate surface area is 224 Å². The predicted molar refractivity (Wildman–Crippen MR) is 148 cm³/mol. The van der Waals surface area contributed by atoms with Crippen molar-refractivity contribution in [2.75, 3.05) is 36.8 Å². The molecule has 0 radical (unpaired) electrons. The van der Waals surface area contributed by atoms with Crippen molar-refractivity contribution in [1.29, 1.82) is 0 Å². The van der Waals surface area contributed by atoms with E-state index in [1.807, 2.05) is 36.1 Å². The SMILES string of the molecule is CC(C)CCNC(=O)CSc1nc(Cl)cc(N2CCN(C(=O)c3ccc(C(C)(C)C)cc3)C(C)C2)n1. The highest BCUT2D eigenvalue weighted by Gasteiger charge is 2.29. The summed E-state index contributed by atoms with van der Waals surface area (Å²) in [4.78, 5) is 38.3. The molecule has 1 aromatic heterocycles. The number of anilines is 1. The number of aromatic nitrogens is 2. The zero-order valence-electron chi connectivity index (χ0n) is 22.2. The van der Waals surface area contributed by atoms with Gasteiger partial charge in [-0.15, -0.1) is 0 Å². The molecule has 0 spiro atoms. The van der Waals surface area contributed by atoms with Crippen molar-refractivity contribution in [1.82, 2.24) is 20.2 Å².